The molecule has 1 aliphatic heterocycles. The van der Waals surface area contributed by atoms with E-state index in [2.05, 4.69) is 0 Å². The van der Waals surface area contributed by atoms with E-state index in [9.17, 15) is 9.59 Å². The second-order valence-electron chi connectivity index (χ2n) is 7.70. The molecule has 28 heavy (non-hydrogen) atoms. The maximum atomic E-state index is 13.0. The molecule has 0 unspecified atom stereocenters. The number of rotatable bonds is 4. The van der Waals surface area contributed by atoms with Crippen LogP contribution in [0, 0.1) is 5.92 Å². The molecule has 0 aromatic heterocycles. The van der Waals surface area contributed by atoms with E-state index in [-0.39, 0.29) is 17.9 Å². The van der Waals surface area contributed by atoms with Gasteiger partial charge in [0.2, 0.25) is 5.91 Å². The van der Waals surface area contributed by atoms with Gasteiger partial charge in [0.05, 0.1) is 12.7 Å². The highest BCUT2D eigenvalue weighted by molar-refractivity contribution is 5.96. The van der Waals surface area contributed by atoms with Gasteiger partial charge in [0, 0.05) is 38.3 Å². The Morgan fingerprint density at radius 1 is 1.07 bits per heavy atom. The van der Waals surface area contributed by atoms with E-state index < -0.39 is 0 Å². The van der Waals surface area contributed by atoms with Gasteiger partial charge in [0.25, 0.3) is 5.91 Å². The first-order valence-electron chi connectivity index (χ1n) is 9.88. The Bertz CT molecular complexity index is 874. The fourth-order valence-corrected chi connectivity index (χ4v) is 3.69. The first kappa shape index (κ1) is 18.7. The maximum Gasteiger partial charge on any atom is 0.254 e. The molecule has 1 saturated carbocycles. The van der Waals surface area contributed by atoms with Crippen molar-refractivity contribution >= 4 is 17.5 Å². The summed E-state index contributed by atoms with van der Waals surface area (Å²) in [6.07, 6.45) is 2.64. The monoisotopic (exact) mass is 378 g/mol. The van der Waals surface area contributed by atoms with Crippen LogP contribution in [0.3, 0.4) is 0 Å². The first-order chi connectivity index (χ1) is 13.5. The van der Waals surface area contributed by atoms with Gasteiger partial charge in [-0.3, -0.25) is 9.59 Å². The topological polar surface area (TPSA) is 49.9 Å². The molecule has 0 bridgehead atoms. The summed E-state index contributed by atoms with van der Waals surface area (Å²) < 4.78 is 5.84. The summed E-state index contributed by atoms with van der Waals surface area (Å²) in [6.45, 7) is 3.51. The lowest BCUT2D eigenvalue weighted by atomic mass is 10.0. The Hall–Kier alpha value is -2.66. The number of anilines is 1. The lowest BCUT2D eigenvalue weighted by molar-refractivity contribution is -0.116. The van der Waals surface area contributed by atoms with Crippen molar-refractivity contribution in [3.05, 3.63) is 54.1 Å². The summed E-state index contributed by atoms with van der Waals surface area (Å²) in [7, 11) is 1.76. The van der Waals surface area contributed by atoms with Crippen LogP contribution < -0.4 is 4.90 Å². The van der Waals surface area contributed by atoms with E-state index in [4.69, 9.17) is 4.74 Å². The number of ether oxygens (including phenoxy) is 1. The Balaban J connectivity index is 1.51. The average Bonchev–Trinajstić information content (AvgIpc) is 3.58. The zero-order valence-corrected chi connectivity index (χ0v) is 16.4. The Morgan fingerprint density at radius 3 is 2.50 bits per heavy atom. The summed E-state index contributed by atoms with van der Waals surface area (Å²) in [5, 5.41) is 0. The van der Waals surface area contributed by atoms with Gasteiger partial charge < -0.3 is 14.5 Å². The van der Waals surface area contributed by atoms with Crippen LogP contribution in [0.2, 0.25) is 0 Å². The van der Waals surface area contributed by atoms with Crippen LogP contribution in [-0.2, 0) is 9.53 Å². The minimum absolute atomic E-state index is 0.00430. The van der Waals surface area contributed by atoms with Crippen LogP contribution >= 0.6 is 0 Å². The highest BCUT2D eigenvalue weighted by Gasteiger charge is 2.36. The number of nitrogens with zero attached hydrogens (tertiary/aromatic N) is 2. The molecular formula is C23H26N2O3. The van der Waals surface area contributed by atoms with Gasteiger partial charge in [0.15, 0.2) is 0 Å². The van der Waals surface area contributed by atoms with Gasteiger partial charge in [-0.25, -0.2) is 0 Å². The summed E-state index contributed by atoms with van der Waals surface area (Å²) in [5.41, 5.74) is 3.57. The molecule has 0 radical (unpaired) electrons. The van der Waals surface area contributed by atoms with Crippen molar-refractivity contribution in [3.8, 4) is 11.1 Å². The number of amides is 2. The van der Waals surface area contributed by atoms with Crippen molar-refractivity contribution in [1.29, 1.82) is 0 Å². The van der Waals surface area contributed by atoms with E-state index >= 15 is 0 Å². The van der Waals surface area contributed by atoms with E-state index in [1.165, 1.54) is 12.8 Å². The standard InChI is InChI=1S/C23H26N2O3/c1-16(26)24(2)21-10-8-17(9-11-21)19-4-3-5-20(14-19)23(27)25-12-13-28-22(15-25)18-6-7-18/h3-5,8-11,14,18,22H,6-7,12-13,15H2,1-2H3/t22-/m0/s1. The predicted molar refractivity (Wildman–Crippen MR) is 109 cm³/mol. The smallest absolute Gasteiger partial charge is 0.254 e. The molecule has 0 N–H and O–H groups in total. The number of benzene rings is 2. The fraction of sp³-hybridized carbons (Fsp3) is 0.391. The van der Waals surface area contributed by atoms with Crippen LogP contribution in [0.25, 0.3) is 11.1 Å². The van der Waals surface area contributed by atoms with Gasteiger partial charge in [-0.1, -0.05) is 24.3 Å². The number of morpholine rings is 1. The van der Waals surface area contributed by atoms with Gasteiger partial charge >= 0.3 is 0 Å². The Morgan fingerprint density at radius 2 is 1.82 bits per heavy atom. The van der Waals surface area contributed by atoms with E-state index in [1.54, 1.807) is 18.9 Å². The second-order valence-corrected chi connectivity index (χ2v) is 7.70. The maximum absolute atomic E-state index is 13.0. The van der Waals surface area contributed by atoms with Crippen molar-refractivity contribution in [1.82, 2.24) is 4.90 Å². The highest BCUT2D eigenvalue weighted by atomic mass is 16.5. The molecule has 1 heterocycles. The second kappa shape index (κ2) is 7.76. The van der Waals surface area contributed by atoms with Crippen LogP contribution in [0.1, 0.15) is 30.1 Å². The molecule has 2 fully saturated rings. The van der Waals surface area contributed by atoms with Crippen molar-refractivity contribution in [2.24, 2.45) is 5.92 Å². The highest BCUT2D eigenvalue weighted by Crippen LogP contribution is 2.36. The SMILES string of the molecule is CC(=O)N(C)c1ccc(-c2cccc(C(=O)N3CCO[C@H](C4CC4)C3)c2)cc1. The Kier molecular flexibility index (Phi) is 5.18. The number of carbonyl (C=O) groups excluding carboxylic acids is 2. The lowest BCUT2D eigenvalue weighted by Crippen LogP contribution is -2.46. The largest absolute Gasteiger partial charge is 0.374 e. The van der Waals surface area contributed by atoms with Gasteiger partial charge in [-0.2, -0.15) is 0 Å². The zero-order valence-electron chi connectivity index (χ0n) is 16.4. The van der Waals surface area contributed by atoms with Crippen molar-refractivity contribution in [2.75, 3.05) is 31.6 Å². The third-order valence-corrected chi connectivity index (χ3v) is 5.70. The molecular weight excluding hydrogens is 352 g/mol. The van der Waals surface area contributed by atoms with Gasteiger partial charge in [0.1, 0.15) is 0 Å². The molecule has 4 rings (SSSR count). The van der Waals surface area contributed by atoms with Crippen molar-refractivity contribution in [3.63, 3.8) is 0 Å². The fourth-order valence-electron chi connectivity index (χ4n) is 3.69. The molecule has 2 aromatic rings. The number of carbonyl (C=O) groups is 2. The molecule has 146 valence electrons. The van der Waals surface area contributed by atoms with Crippen LogP contribution in [-0.4, -0.2) is 49.6 Å². The first-order valence-corrected chi connectivity index (χ1v) is 9.88. The molecule has 2 aromatic carbocycles. The minimum atomic E-state index is -0.00430. The molecule has 0 spiro atoms. The van der Waals surface area contributed by atoms with Crippen molar-refractivity contribution in [2.45, 2.75) is 25.9 Å². The summed E-state index contributed by atoms with van der Waals surface area (Å²) in [6, 6.07) is 15.6. The molecule has 1 aliphatic carbocycles. The molecule has 5 heteroatoms. The van der Waals surface area contributed by atoms with Crippen molar-refractivity contribution < 1.29 is 14.3 Å². The molecule has 1 atom stereocenters. The summed E-state index contributed by atoms with van der Waals surface area (Å²) >= 11 is 0. The number of hydrogen-bond donors (Lipinski definition) is 0. The lowest BCUT2D eigenvalue weighted by Gasteiger charge is -2.33. The molecule has 2 aliphatic rings. The Labute approximate surface area is 165 Å². The quantitative estimate of drug-likeness (QED) is 0.817. The van der Waals surface area contributed by atoms with E-state index in [0.717, 1.165) is 16.8 Å². The van der Waals surface area contributed by atoms with Gasteiger partial charge in [-0.05, 0) is 54.2 Å². The van der Waals surface area contributed by atoms with E-state index in [1.807, 2.05) is 53.4 Å². The average molecular weight is 378 g/mol. The normalized spacial score (nSPS) is 19.4. The third kappa shape index (κ3) is 3.94. The molecule has 2 amide bonds. The molecule has 5 nitrogen and oxygen atoms in total. The predicted octanol–water partition coefficient (Wildman–Crippen LogP) is 3.59. The van der Waals surface area contributed by atoms with Crippen LogP contribution in [0.4, 0.5) is 5.69 Å². The summed E-state index contributed by atoms with van der Waals surface area (Å²) in [4.78, 5) is 28.1. The zero-order chi connectivity index (χ0) is 19.7. The third-order valence-electron chi connectivity index (χ3n) is 5.70. The van der Waals surface area contributed by atoms with Gasteiger partial charge in [-0.15, -0.1) is 0 Å². The molecule has 1 saturated heterocycles. The van der Waals surface area contributed by atoms with Crippen LogP contribution in [0.15, 0.2) is 48.5 Å². The summed E-state index contributed by atoms with van der Waals surface area (Å²) in [5.74, 6) is 0.702. The minimum Gasteiger partial charge on any atom is -0.374 e. The van der Waals surface area contributed by atoms with Crippen LogP contribution in [0.5, 0.6) is 0 Å². The van der Waals surface area contributed by atoms with E-state index in [0.29, 0.717) is 31.2 Å². The number of hydrogen-bond acceptors (Lipinski definition) is 3.